The second-order valence-corrected chi connectivity index (χ2v) is 6.34. The van der Waals surface area contributed by atoms with Crippen LogP contribution in [0.5, 0.6) is 0 Å². The molecule has 0 aliphatic heterocycles. The van der Waals surface area contributed by atoms with E-state index in [4.69, 9.17) is 0 Å². The molecule has 2 rings (SSSR count). The van der Waals surface area contributed by atoms with E-state index in [1.165, 1.54) is 6.07 Å². The summed E-state index contributed by atoms with van der Waals surface area (Å²) in [5.74, 6) is -0.729. The van der Waals surface area contributed by atoms with Crippen LogP contribution in [0.1, 0.15) is 31.9 Å². The van der Waals surface area contributed by atoms with Gasteiger partial charge in [-0.15, -0.1) is 0 Å². The van der Waals surface area contributed by atoms with E-state index in [-0.39, 0.29) is 10.5 Å². The molecule has 1 nitrogen and oxygen atoms in total. The summed E-state index contributed by atoms with van der Waals surface area (Å²) in [6.45, 7) is 4.24. The topological polar surface area (TPSA) is 12.0 Å². The summed E-state index contributed by atoms with van der Waals surface area (Å²) < 4.78 is 27.5. The SMILES string of the molecule is CC(C)CC(Nc1cc(Br)c(F)cc1F)c1ccccc1. The Hall–Kier alpha value is -1.42. The highest BCUT2D eigenvalue weighted by molar-refractivity contribution is 9.10. The standard InChI is InChI=1S/C17H18BrF2N/c1-11(2)8-16(12-6-4-3-5-7-12)21-17-9-13(18)14(19)10-15(17)20/h3-7,9-11,16,21H,8H2,1-2H3. The molecule has 0 spiro atoms. The van der Waals surface area contributed by atoms with Crippen LogP contribution in [0.3, 0.4) is 0 Å². The van der Waals surface area contributed by atoms with Crippen LogP contribution in [0.15, 0.2) is 46.9 Å². The van der Waals surface area contributed by atoms with Crippen molar-refractivity contribution in [3.8, 4) is 0 Å². The smallest absolute Gasteiger partial charge is 0.149 e. The highest BCUT2D eigenvalue weighted by atomic mass is 79.9. The van der Waals surface area contributed by atoms with E-state index in [0.29, 0.717) is 11.6 Å². The molecule has 0 saturated heterocycles. The molecule has 0 saturated carbocycles. The lowest BCUT2D eigenvalue weighted by atomic mass is 9.96. The van der Waals surface area contributed by atoms with Gasteiger partial charge >= 0.3 is 0 Å². The first kappa shape index (κ1) is 16.0. The van der Waals surface area contributed by atoms with Crippen molar-refractivity contribution in [3.63, 3.8) is 0 Å². The minimum absolute atomic E-state index is 0.0157. The molecular weight excluding hydrogens is 336 g/mol. The van der Waals surface area contributed by atoms with Crippen LogP contribution >= 0.6 is 15.9 Å². The van der Waals surface area contributed by atoms with Crippen molar-refractivity contribution in [1.82, 2.24) is 0 Å². The average molecular weight is 354 g/mol. The zero-order valence-electron chi connectivity index (χ0n) is 12.0. The molecule has 0 fully saturated rings. The van der Waals surface area contributed by atoms with Crippen LogP contribution in [0.4, 0.5) is 14.5 Å². The molecule has 0 aliphatic carbocycles. The fourth-order valence-electron chi connectivity index (χ4n) is 2.26. The Bertz CT molecular complexity index is 599. The normalized spacial score (nSPS) is 12.5. The van der Waals surface area contributed by atoms with Gasteiger partial charge < -0.3 is 5.32 Å². The predicted octanol–water partition coefficient (Wildman–Crippen LogP) is 5.93. The monoisotopic (exact) mass is 353 g/mol. The van der Waals surface area contributed by atoms with E-state index in [9.17, 15) is 8.78 Å². The molecule has 2 aromatic carbocycles. The maximum absolute atomic E-state index is 13.9. The molecule has 1 atom stereocenters. The van der Waals surface area contributed by atoms with Crippen LogP contribution in [-0.4, -0.2) is 0 Å². The predicted molar refractivity (Wildman–Crippen MR) is 86.3 cm³/mol. The van der Waals surface area contributed by atoms with Gasteiger partial charge in [0.15, 0.2) is 0 Å². The highest BCUT2D eigenvalue weighted by Crippen LogP contribution is 2.30. The van der Waals surface area contributed by atoms with Crippen LogP contribution < -0.4 is 5.32 Å². The van der Waals surface area contributed by atoms with Gasteiger partial charge in [-0.2, -0.15) is 0 Å². The number of rotatable bonds is 5. The highest BCUT2D eigenvalue weighted by Gasteiger charge is 2.16. The Kier molecular flexibility index (Phi) is 5.34. The van der Waals surface area contributed by atoms with E-state index in [1.807, 2.05) is 30.3 Å². The largest absolute Gasteiger partial charge is 0.376 e. The second-order valence-electron chi connectivity index (χ2n) is 5.48. The lowest BCUT2D eigenvalue weighted by molar-refractivity contribution is 0.525. The number of anilines is 1. The van der Waals surface area contributed by atoms with Crippen LogP contribution in [-0.2, 0) is 0 Å². The molecule has 0 amide bonds. The third kappa shape index (κ3) is 4.27. The molecule has 1 N–H and O–H groups in total. The fraction of sp³-hybridized carbons (Fsp3) is 0.294. The van der Waals surface area contributed by atoms with Crippen molar-refractivity contribution in [3.05, 3.63) is 64.1 Å². The molecule has 0 aliphatic rings. The van der Waals surface area contributed by atoms with E-state index >= 15 is 0 Å². The van der Waals surface area contributed by atoms with Crippen molar-refractivity contribution < 1.29 is 8.78 Å². The van der Waals surface area contributed by atoms with Crippen molar-refractivity contribution in [2.75, 3.05) is 5.32 Å². The Labute approximate surface area is 132 Å². The van der Waals surface area contributed by atoms with Gasteiger partial charge in [0.2, 0.25) is 0 Å². The molecule has 0 aromatic heterocycles. The summed E-state index contributed by atoms with van der Waals surface area (Å²) in [4.78, 5) is 0. The van der Waals surface area contributed by atoms with E-state index in [1.54, 1.807) is 0 Å². The van der Waals surface area contributed by atoms with Crippen molar-refractivity contribution in [1.29, 1.82) is 0 Å². The first-order chi connectivity index (χ1) is 9.97. The maximum atomic E-state index is 13.9. The number of hydrogen-bond donors (Lipinski definition) is 1. The van der Waals surface area contributed by atoms with Crippen LogP contribution in [0.25, 0.3) is 0 Å². The van der Waals surface area contributed by atoms with Crippen molar-refractivity contribution in [2.45, 2.75) is 26.3 Å². The summed E-state index contributed by atoms with van der Waals surface area (Å²) in [6, 6.07) is 12.2. The first-order valence-corrected chi connectivity index (χ1v) is 7.72. The lowest BCUT2D eigenvalue weighted by Gasteiger charge is -2.23. The third-order valence-electron chi connectivity index (χ3n) is 3.25. The number of benzene rings is 2. The molecule has 2 aromatic rings. The van der Waals surface area contributed by atoms with E-state index < -0.39 is 11.6 Å². The van der Waals surface area contributed by atoms with E-state index in [0.717, 1.165) is 18.1 Å². The zero-order valence-corrected chi connectivity index (χ0v) is 13.6. The molecule has 4 heteroatoms. The number of nitrogens with one attached hydrogen (secondary N) is 1. The zero-order chi connectivity index (χ0) is 15.4. The fourth-order valence-corrected chi connectivity index (χ4v) is 2.60. The van der Waals surface area contributed by atoms with Gasteiger partial charge in [-0.25, -0.2) is 8.78 Å². The van der Waals surface area contributed by atoms with Gasteiger partial charge in [0, 0.05) is 6.07 Å². The van der Waals surface area contributed by atoms with Crippen LogP contribution in [0, 0.1) is 17.6 Å². The van der Waals surface area contributed by atoms with E-state index in [2.05, 4.69) is 35.1 Å². The van der Waals surface area contributed by atoms with Gasteiger partial charge in [0.1, 0.15) is 11.6 Å². The Morgan fingerprint density at radius 2 is 1.71 bits per heavy atom. The van der Waals surface area contributed by atoms with Crippen LogP contribution in [0.2, 0.25) is 0 Å². The molecule has 21 heavy (non-hydrogen) atoms. The average Bonchev–Trinajstić information content (AvgIpc) is 2.44. The minimum Gasteiger partial charge on any atom is -0.376 e. The Morgan fingerprint density at radius 3 is 2.33 bits per heavy atom. The number of halogens is 3. The van der Waals surface area contributed by atoms with Gasteiger partial charge in [-0.1, -0.05) is 44.2 Å². The molecule has 1 unspecified atom stereocenters. The first-order valence-electron chi connectivity index (χ1n) is 6.93. The lowest BCUT2D eigenvalue weighted by Crippen LogP contribution is -2.14. The minimum atomic E-state index is -0.599. The summed E-state index contributed by atoms with van der Waals surface area (Å²) in [6.07, 6.45) is 0.860. The van der Waals surface area contributed by atoms with Gasteiger partial charge in [-0.05, 0) is 39.9 Å². The molecule has 0 bridgehead atoms. The summed E-state index contributed by atoms with van der Waals surface area (Å²) >= 11 is 3.10. The van der Waals surface area contributed by atoms with Gasteiger partial charge in [-0.3, -0.25) is 0 Å². The summed E-state index contributed by atoms with van der Waals surface area (Å²) in [5, 5.41) is 3.19. The maximum Gasteiger partial charge on any atom is 0.149 e. The molecule has 0 radical (unpaired) electrons. The molecular formula is C17H18BrF2N. The Balaban J connectivity index is 2.29. The second kappa shape index (κ2) is 7.03. The van der Waals surface area contributed by atoms with Crippen molar-refractivity contribution in [2.24, 2.45) is 5.92 Å². The number of hydrogen-bond acceptors (Lipinski definition) is 1. The Morgan fingerprint density at radius 1 is 1.05 bits per heavy atom. The molecule has 0 heterocycles. The summed E-state index contributed by atoms with van der Waals surface area (Å²) in [5.41, 5.74) is 1.39. The summed E-state index contributed by atoms with van der Waals surface area (Å²) in [7, 11) is 0. The van der Waals surface area contributed by atoms with Crippen molar-refractivity contribution >= 4 is 21.6 Å². The van der Waals surface area contributed by atoms with Gasteiger partial charge in [0.05, 0.1) is 16.2 Å². The third-order valence-corrected chi connectivity index (χ3v) is 3.86. The van der Waals surface area contributed by atoms with Gasteiger partial charge in [0.25, 0.3) is 0 Å². The quantitative estimate of drug-likeness (QED) is 0.657. The molecule has 112 valence electrons.